The lowest BCUT2D eigenvalue weighted by Gasteiger charge is -2.19. The summed E-state index contributed by atoms with van der Waals surface area (Å²) >= 11 is 1.20. The summed E-state index contributed by atoms with van der Waals surface area (Å²) < 4.78 is 1.39. The molecule has 0 fully saturated rings. The van der Waals surface area contributed by atoms with Gasteiger partial charge in [0.1, 0.15) is 0 Å². The number of nitrogens with two attached hydrogens (primary N) is 1. The van der Waals surface area contributed by atoms with Gasteiger partial charge in [0, 0.05) is 18.7 Å². The van der Waals surface area contributed by atoms with Crippen molar-refractivity contribution in [2.45, 2.75) is 45.2 Å². The molecule has 0 radical (unpaired) electrons. The minimum absolute atomic E-state index is 0.0461. The fourth-order valence-corrected chi connectivity index (χ4v) is 3.47. The number of nitrogens with zero attached hydrogens (tertiary/aromatic N) is 4. The van der Waals surface area contributed by atoms with Crippen LogP contribution in [0.15, 0.2) is 29.4 Å². The third-order valence-electron chi connectivity index (χ3n) is 4.44. The Labute approximate surface area is 176 Å². The summed E-state index contributed by atoms with van der Waals surface area (Å²) in [6.07, 6.45) is 0. The highest BCUT2D eigenvalue weighted by Gasteiger charge is 2.19. The highest BCUT2D eigenvalue weighted by atomic mass is 32.2. The molecular weight excluding hydrogens is 388 g/mol. The lowest BCUT2D eigenvalue weighted by molar-refractivity contribution is -0.133. The molecule has 0 spiro atoms. The molecule has 2 amide bonds. The van der Waals surface area contributed by atoms with Gasteiger partial charge in [-0.15, -0.1) is 10.2 Å². The van der Waals surface area contributed by atoms with Gasteiger partial charge in [0.2, 0.25) is 17.0 Å². The number of hydrogen-bond acceptors (Lipinski definition) is 6. The zero-order valence-electron chi connectivity index (χ0n) is 17.7. The van der Waals surface area contributed by atoms with Crippen molar-refractivity contribution in [1.29, 1.82) is 0 Å². The van der Waals surface area contributed by atoms with Crippen molar-refractivity contribution in [3.05, 3.63) is 29.8 Å². The Bertz CT molecular complexity index is 842. The summed E-state index contributed by atoms with van der Waals surface area (Å²) in [6.45, 7) is 11.2. The number of rotatable bonds is 8. The summed E-state index contributed by atoms with van der Waals surface area (Å²) in [5.74, 6) is 6.50. The van der Waals surface area contributed by atoms with E-state index in [1.54, 1.807) is 0 Å². The van der Waals surface area contributed by atoms with Gasteiger partial charge in [0.05, 0.1) is 12.3 Å². The monoisotopic (exact) mass is 418 g/mol. The van der Waals surface area contributed by atoms with E-state index >= 15 is 0 Å². The van der Waals surface area contributed by atoms with Crippen molar-refractivity contribution in [3.8, 4) is 11.4 Å². The Morgan fingerprint density at radius 2 is 1.83 bits per heavy atom. The molecule has 0 aliphatic heterocycles. The van der Waals surface area contributed by atoms with E-state index in [1.807, 2.05) is 26.0 Å². The van der Waals surface area contributed by atoms with Gasteiger partial charge in [-0.1, -0.05) is 56.8 Å². The molecule has 1 heterocycles. The van der Waals surface area contributed by atoms with E-state index in [1.165, 1.54) is 26.9 Å². The maximum absolute atomic E-state index is 12.4. The van der Waals surface area contributed by atoms with Gasteiger partial charge >= 0.3 is 0 Å². The lowest BCUT2D eigenvalue weighted by Crippen LogP contribution is -2.41. The Morgan fingerprint density at radius 1 is 1.17 bits per heavy atom. The van der Waals surface area contributed by atoms with Gasteiger partial charge in [-0.05, 0) is 24.8 Å². The fraction of sp³-hybridized carbons (Fsp3) is 0.500. The largest absolute Gasteiger partial charge is 0.355 e. The van der Waals surface area contributed by atoms with Crippen molar-refractivity contribution < 1.29 is 9.59 Å². The first kappa shape index (κ1) is 22.7. The number of carbonyl (C=O) groups excluding carboxylic acids is 2. The standard InChI is InChI=1S/C20H30N6O2S/c1-6-22-16(27)12-25(7-2)17(28)13-29-19-24-23-18(26(19)21)14-8-10-15(11-9-14)20(3,4)5/h8-11H,6-7,12-13,21H2,1-5H3,(H,22,27). The summed E-state index contributed by atoms with van der Waals surface area (Å²) in [5.41, 5.74) is 2.14. The number of thioether (sulfide) groups is 1. The quantitative estimate of drug-likeness (QED) is 0.502. The topological polar surface area (TPSA) is 106 Å². The van der Waals surface area contributed by atoms with Crippen LogP contribution in [0.25, 0.3) is 11.4 Å². The van der Waals surface area contributed by atoms with Gasteiger partial charge in [0.15, 0.2) is 5.82 Å². The summed E-state index contributed by atoms with van der Waals surface area (Å²) in [4.78, 5) is 25.7. The van der Waals surface area contributed by atoms with Crippen molar-refractivity contribution in [2.75, 3.05) is 31.2 Å². The van der Waals surface area contributed by atoms with Crippen molar-refractivity contribution in [1.82, 2.24) is 25.1 Å². The van der Waals surface area contributed by atoms with Gasteiger partial charge < -0.3 is 16.1 Å². The number of likely N-dealkylation sites (N-methyl/N-ethyl adjacent to an activating group) is 2. The molecule has 0 atom stereocenters. The molecule has 1 aromatic heterocycles. The third kappa shape index (κ3) is 5.96. The summed E-state index contributed by atoms with van der Waals surface area (Å²) in [5, 5.41) is 11.4. The number of carbonyl (C=O) groups is 2. The number of benzene rings is 1. The Kier molecular flexibility index (Phi) is 7.66. The van der Waals surface area contributed by atoms with Crippen LogP contribution in [0.2, 0.25) is 0 Å². The van der Waals surface area contributed by atoms with Crippen LogP contribution in [0.5, 0.6) is 0 Å². The van der Waals surface area contributed by atoms with E-state index < -0.39 is 0 Å². The third-order valence-corrected chi connectivity index (χ3v) is 5.37. The highest BCUT2D eigenvalue weighted by molar-refractivity contribution is 7.99. The fourth-order valence-electron chi connectivity index (χ4n) is 2.71. The first-order valence-electron chi connectivity index (χ1n) is 9.66. The Balaban J connectivity index is 2.04. The minimum atomic E-state index is -0.171. The van der Waals surface area contributed by atoms with Gasteiger partial charge in [-0.25, -0.2) is 4.68 Å². The van der Waals surface area contributed by atoms with Crippen LogP contribution in [0, 0.1) is 0 Å². The second kappa shape index (κ2) is 9.78. The minimum Gasteiger partial charge on any atom is -0.355 e. The normalized spacial score (nSPS) is 11.3. The number of nitrogens with one attached hydrogen (secondary N) is 1. The predicted octanol–water partition coefficient (Wildman–Crippen LogP) is 2.03. The maximum atomic E-state index is 12.4. The van der Waals surface area contributed by atoms with Gasteiger partial charge in [0.25, 0.3) is 0 Å². The van der Waals surface area contributed by atoms with Crippen LogP contribution < -0.4 is 11.2 Å². The van der Waals surface area contributed by atoms with E-state index in [0.29, 0.717) is 24.1 Å². The van der Waals surface area contributed by atoms with E-state index in [4.69, 9.17) is 5.84 Å². The molecule has 9 heteroatoms. The zero-order chi connectivity index (χ0) is 21.6. The molecule has 0 saturated heterocycles. The van der Waals surface area contributed by atoms with E-state index in [0.717, 1.165) is 5.56 Å². The summed E-state index contributed by atoms with van der Waals surface area (Å²) in [7, 11) is 0. The van der Waals surface area contributed by atoms with Crippen LogP contribution in [0.3, 0.4) is 0 Å². The molecular formula is C20H30N6O2S. The summed E-state index contributed by atoms with van der Waals surface area (Å²) in [6, 6.07) is 8.05. The van der Waals surface area contributed by atoms with Crippen molar-refractivity contribution in [3.63, 3.8) is 0 Å². The van der Waals surface area contributed by atoms with Crippen LogP contribution >= 0.6 is 11.8 Å². The SMILES string of the molecule is CCNC(=O)CN(CC)C(=O)CSc1nnc(-c2ccc(C(C)(C)C)cc2)n1N. The Hall–Kier alpha value is -2.55. The number of aromatic nitrogens is 3. The smallest absolute Gasteiger partial charge is 0.239 e. The molecule has 158 valence electrons. The molecule has 0 unspecified atom stereocenters. The Morgan fingerprint density at radius 3 is 2.38 bits per heavy atom. The number of nitrogen functional groups attached to an aromatic ring is 1. The molecule has 2 aromatic rings. The van der Waals surface area contributed by atoms with Crippen molar-refractivity contribution >= 4 is 23.6 Å². The van der Waals surface area contributed by atoms with Crippen LogP contribution in [0.4, 0.5) is 0 Å². The van der Waals surface area contributed by atoms with Crippen molar-refractivity contribution in [2.24, 2.45) is 0 Å². The molecule has 0 aliphatic carbocycles. The first-order valence-corrected chi connectivity index (χ1v) is 10.6. The van der Waals surface area contributed by atoms with Crippen LogP contribution in [-0.4, -0.2) is 57.0 Å². The first-order chi connectivity index (χ1) is 13.7. The second-order valence-electron chi connectivity index (χ2n) is 7.65. The molecule has 3 N–H and O–H groups in total. The second-order valence-corrected chi connectivity index (χ2v) is 8.60. The number of hydrogen-bond donors (Lipinski definition) is 2. The molecule has 8 nitrogen and oxygen atoms in total. The molecule has 2 rings (SSSR count). The molecule has 29 heavy (non-hydrogen) atoms. The van der Waals surface area contributed by atoms with Gasteiger partial charge in [-0.3, -0.25) is 9.59 Å². The van der Waals surface area contributed by atoms with E-state index in [-0.39, 0.29) is 29.5 Å². The van der Waals surface area contributed by atoms with Gasteiger partial charge in [-0.2, -0.15) is 0 Å². The van der Waals surface area contributed by atoms with Crippen LogP contribution in [0.1, 0.15) is 40.2 Å². The van der Waals surface area contributed by atoms with Crippen LogP contribution in [-0.2, 0) is 15.0 Å². The maximum Gasteiger partial charge on any atom is 0.239 e. The predicted molar refractivity (Wildman–Crippen MR) is 116 cm³/mol. The molecule has 0 bridgehead atoms. The zero-order valence-corrected chi connectivity index (χ0v) is 18.5. The molecule has 0 aliphatic rings. The number of amides is 2. The highest BCUT2D eigenvalue weighted by Crippen LogP contribution is 2.26. The van der Waals surface area contributed by atoms with E-state index in [2.05, 4.69) is 48.4 Å². The molecule has 0 saturated carbocycles. The molecule has 1 aromatic carbocycles. The average Bonchev–Trinajstić information content (AvgIpc) is 3.04. The lowest BCUT2D eigenvalue weighted by atomic mass is 9.87. The van der Waals surface area contributed by atoms with E-state index in [9.17, 15) is 9.59 Å². The average molecular weight is 419 g/mol.